The van der Waals surface area contributed by atoms with Gasteiger partial charge in [-0.25, -0.2) is 0 Å². The lowest BCUT2D eigenvalue weighted by molar-refractivity contribution is -0.140. The molecule has 2 aromatic carbocycles. The van der Waals surface area contributed by atoms with E-state index in [0.717, 1.165) is 16.7 Å². The summed E-state index contributed by atoms with van der Waals surface area (Å²) in [7, 11) is 3.11. The van der Waals surface area contributed by atoms with Crippen molar-refractivity contribution in [2.24, 2.45) is 0 Å². The van der Waals surface area contributed by atoms with E-state index in [1.807, 2.05) is 38.1 Å². The predicted octanol–water partition coefficient (Wildman–Crippen LogP) is 3.38. The van der Waals surface area contributed by atoms with E-state index in [1.54, 1.807) is 25.3 Å². The Labute approximate surface area is 170 Å². The summed E-state index contributed by atoms with van der Waals surface area (Å²) in [5, 5.41) is 11.0. The smallest absolute Gasteiger partial charge is 0.295 e. The number of amides is 1. The van der Waals surface area contributed by atoms with Crippen molar-refractivity contribution >= 4 is 17.4 Å². The van der Waals surface area contributed by atoms with Gasteiger partial charge in [0.25, 0.3) is 11.7 Å². The molecule has 0 bridgehead atoms. The Bertz CT molecular complexity index is 962. The van der Waals surface area contributed by atoms with Gasteiger partial charge in [-0.1, -0.05) is 29.8 Å². The Morgan fingerprint density at radius 1 is 1.07 bits per heavy atom. The zero-order valence-electron chi connectivity index (χ0n) is 17.1. The Morgan fingerprint density at radius 3 is 2.34 bits per heavy atom. The summed E-state index contributed by atoms with van der Waals surface area (Å²) in [6.07, 6.45) is 0. The second-order valence-corrected chi connectivity index (χ2v) is 7.08. The van der Waals surface area contributed by atoms with Gasteiger partial charge in [0.05, 0.1) is 25.3 Å². The van der Waals surface area contributed by atoms with Crippen LogP contribution in [0.1, 0.15) is 28.3 Å². The number of methoxy groups -OCH3 is 2. The summed E-state index contributed by atoms with van der Waals surface area (Å²) in [5.74, 6) is -0.853. The molecule has 1 atom stereocenters. The third-order valence-corrected chi connectivity index (χ3v) is 5.14. The first-order chi connectivity index (χ1) is 13.9. The van der Waals surface area contributed by atoms with E-state index in [2.05, 4.69) is 0 Å². The van der Waals surface area contributed by atoms with Crippen molar-refractivity contribution in [3.05, 3.63) is 70.3 Å². The molecule has 6 nitrogen and oxygen atoms in total. The van der Waals surface area contributed by atoms with Crippen LogP contribution >= 0.6 is 0 Å². The SMILES string of the molecule is COCCN1C(=O)C(=O)C(=C(O)c2ccc(OC)c(C)c2)C1c1ccc(C)cc1. The van der Waals surface area contributed by atoms with Crippen LogP contribution in [0, 0.1) is 13.8 Å². The minimum atomic E-state index is -0.697. The van der Waals surface area contributed by atoms with Crippen molar-refractivity contribution in [2.45, 2.75) is 19.9 Å². The van der Waals surface area contributed by atoms with Gasteiger partial charge in [0.1, 0.15) is 11.5 Å². The van der Waals surface area contributed by atoms with Gasteiger partial charge in [-0.05, 0) is 43.2 Å². The van der Waals surface area contributed by atoms with E-state index in [9.17, 15) is 14.7 Å². The van der Waals surface area contributed by atoms with Crippen LogP contribution in [0.5, 0.6) is 5.75 Å². The molecule has 0 spiro atoms. The van der Waals surface area contributed by atoms with E-state index < -0.39 is 17.7 Å². The van der Waals surface area contributed by atoms with Crippen LogP contribution in [-0.4, -0.2) is 49.1 Å². The zero-order valence-corrected chi connectivity index (χ0v) is 17.1. The van der Waals surface area contributed by atoms with Crippen molar-refractivity contribution in [3.63, 3.8) is 0 Å². The zero-order chi connectivity index (χ0) is 21.1. The highest BCUT2D eigenvalue weighted by atomic mass is 16.5. The Balaban J connectivity index is 2.15. The number of hydrogen-bond acceptors (Lipinski definition) is 5. The maximum Gasteiger partial charge on any atom is 0.295 e. The van der Waals surface area contributed by atoms with E-state index in [4.69, 9.17) is 9.47 Å². The number of aliphatic hydroxyl groups is 1. The largest absolute Gasteiger partial charge is 0.507 e. The highest BCUT2D eigenvalue weighted by Gasteiger charge is 2.45. The Kier molecular flexibility index (Phi) is 6.03. The van der Waals surface area contributed by atoms with Gasteiger partial charge in [0.2, 0.25) is 0 Å². The monoisotopic (exact) mass is 395 g/mol. The summed E-state index contributed by atoms with van der Waals surface area (Å²) in [4.78, 5) is 27.1. The van der Waals surface area contributed by atoms with Gasteiger partial charge in [0.15, 0.2) is 0 Å². The average molecular weight is 395 g/mol. The summed E-state index contributed by atoms with van der Waals surface area (Å²) < 4.78 is 10.4. The fourth-order valence-electron chi connectivity index (χ4n) is 3.58. The lowest BCUT2D eigenvalue weighted by Gasteiger charge is -2.25. The number of nitrogens with zero attached hydrogens (tertiary/aromatic N) is 1. The van der Waals surface area contributed by atoms with E-state index in [1.165, 1.54) is 12.0 Å². The van der Waals surface area contributed by atoms with Crippen molar-refractivity contribution < 1.29 is 24.2 Å². The number of ketones is 1. The number of likely N-dealkylation sites (tertiary alicyclic amines) is 1. The normalized spacial score (nSPS) is 18.3. The van der Waals surface area contributed by atoms with Gasteiger partial charge < -0.3 is 19.5 Å². The van der Waals surface area contributed by atoms with Crippen molar-refractivity contribution in [2.75, 3.05) is 27.4 Å². The van der Waals surface area contributed by atoms with Crippen LogP contribution in [-0.2, 0) is 14.3 Å². The molecule has 1 N–H and O–H groups in total. The lowest BCUT2D eigenvalue weighted by atomic mass is 9.94. The first kappa shape index (κ1) is 20.6. The molecule has 0 aliphatic carbocycles. The standard InChI is InChI=1S/C23H25NO5/c1-14-5-7-16(8-6-14)20-19(22(26)23(27)24(20)11-12-28-3)21(25)17-9-10-18(29-4)15(2)13-17/h5-10,13,20,25H,11-12H2,1-4H3. The second-order valence-electron chi connectivity index (χ2n) is 7.08. The minimum absolute atomic E-state index is 0.0829. The molecule has 0 saturated carbocycles. The predicted molar refractivity (Wildman–Crippen MR) is 110 cm³/mol. The number of rotatable bonds is 6. The maximum absolute atomic E-state index is 12.9. The summed E-state index contributed by atoms with van der Waals surface area (Å²) >= 11 is 0. The number of benzene rings is 2. The molecule has 1 saturated heterocycles. The minimum Gasteiger partial charge on any atom is -0.507 e. The number of ether oxygens (including phenoxy) is 2. The van der Waals surface area contributed by atoms with Crippen LogP contribution in [0.3, 0.4) is 0 Å². The molecule has 6 heteroatoms. The molecular weight excluding hydrogens is 370 g/mol. The lowest BCUT2D eigenvalue weighted by Crippen LogP contribution is -2.32. The fourth-order valence-corrected chi connectivity index (χ4v) is 3.58. The number of Topliss-reactive ketones (excluding diaryl/α,β-unsaturated/α-hetero) is 1. The van der Waals surface area contributed by atoms with Crippen LogP contribution in [0.2, 0.25) is 0 Å². The quantitative estimate of drug-likeness (QED) is 0.461. The van der Waals surface area contributed by atoms with Gasteiger partial charge in [-0.2, -0.15) is 0 Å². The molecule has 0 radical (unpaired) electrons. The van der Waals surface area contributed by atoms with Crippen LogP contribution in [0.4, 0.5) is 0 Å². The summed E-state index contributed by atoms with van der Waals surface area (Å²) in [6, 6.07) is 12.1. The maximum atomic E-state index is 12.9. The third-order valence-electron chi connectivity index (χ3n) is 5.14. The number of aliphatic hydroxyl groups excluding tert-OH is 1. The van der Waals surface area contributed by atoms with Gasteiger partial charge in [0, 0.05) is 19.2 Å². The number of hydrogen-bond donors (Lipinski definition) is 1. The Morgan fingerprint density at radius 2 is 1.76 bits per heavy atom. The van der Waals surface area contributed by atoms with Gasteiger partial charge in [-0.15, -0.1) is 0 Å². The second kappa shape index (κ2) is 8.49. The summed E-state index contributed by atoms with van der Waals surface area (Å²) in [5.41, 5.74) is 3.19. The van der Waals surface area contributed by atoms with Crippen molar-refractivity contribution in [3.8, 4) is 5.75 Å². The number of carbonyl (C=O) groups is 2. The molecule has 1 amide bonds. The average Bonchev–Trinajstić information content (AvgIpc) is 2.96. The Hall–Kier alpha value is -3.12. The van der Waals surface area contributed by atoms with Crippen LogP contribution in [0.25, 0.3) is 5.76 Å². The van der Waals surface area contributed by atoms with E-state index in [0.29, 0.717) is 11.3 Å². The molecule has 1 unspecified atom stereocenters. The first-order valence-electron chi connectivity index (χ1n) is 9.38. The molecule has 1 heterocycles. The third kappa shape index (κ3) is 3.89. The van der Waals surface area contributed by atoms with E-state index in [-0.39, 0.29) is 24.5 Å². The topological polar surface area (TPSA) is 76.1 Å². The van der Waals surface area contributed by atoms with Crippen molar-refractivity contribution in [1.29, 1.82) is 0 Å². The molecule has 3 rings (SSSR count). The molecule has 0 aromatic heterocycles. The molecule has 1 aliphatic heterocycles. The van der Waals surface area contributed by atoms with Gasteiger partial charge >= 0.3 is 0 Å². The molecule has 2 aromatic rings. The molecular formula is C23H25NO5. The fraction of sp³-hybridized carbons (Fsp3) is 0.304. The van der Waals surface area contributed by atoms with Crippen molar-refractivity contribution in [1.82, 2.24) is 4.90 Å². The first-order valence-corrected chi connectivity index (χ1v) is 9.38. The number of carbonyl (C=O) groups excluding carboxylic acids is 2. The highest BCUT2D eigenvalue weighted by molar-refractivity contribution is 6.46. The number of aryl methyl sites for hydroxylation is 2. The molecule has 29 heavy (non-hydrogen) atoms. The molecule has 152 valence electrons. The van der Waals surface area contributed by atoms with Crippen LogP contribution in [0.15, 0.2) is 48.0 Å². The van der Waals surface area contributed by atoms with Crippen LogP contribution < -0.4 is 4.74 Å². The van der Waals surface area contributed by atoms with Gasteiger partial charge in [-0.3, -0.25) is 9.59 Å². The highest BCUT2D eigenvalue weighted by Crippen LogP contribution is 2.39. The molecule has 1 fully saturated rings. The van der Waals surface area contributed by atoms with E-state index >= 15 is 0 Å². The molecule has 1 aliphatic rings. The summed E-state index contributed by atoms with van der Waals surface area (Å²) in [6.45, 7) is 4.35.